The zero-order valence-electron chi connectivity index (χ0n) is 15.5. The van der Waals surface area contributed by atoms with Crippen molar-refractivity contribution in [2.45, 2.75) is 12.5 Å². The summed E-state index contributed by atoms with van der Waals surface area (Å²) in [4.78, 5) is 45.3. The van der Waals surface area contributed by atoms with Crippen molar-refractivity contribution in [1.82, 2.24) is 5.32 Å². The van der Waals surface area contributed by atoms with Gasteiger partial charge in [0.15, 0.2) is 0 Å². The summed E-state index contributed by atoms with van der Waals surface area (Å²) in [6, 6.07) is 7.63. The normalized spacial score (nSPS) is 11.2. The second kappa shape index (κ2) is 9.26. The van der Waals surface area contributed by atoms with Crippen LogP contribution in [-0.4, -0.2) is 42.0 Å². The van der Waals surface area contributed by atoms with Gasteiger partial charge in [0.2, 0.25) is 0 Å². The lowest BCUT2D eigenvalue weighted by atomic mass is 10.0. The molecular weight excluding hydrogens is 386 g/mol. The molecule has 29 heavy (non-hydrogen) atoms. The van der Waals surface area contributed by atoms with Gasteiger partial charge in [0.05, 0.1) is 24.1 Å². The molecule has 0 saturated carbocycles. The molecule has 0 aliphatic rings. The molecule has 2 aromatic rings. The molecule has 0 heterocycles. The number of nitro groups is 2. The van der Waals surface area contributed by atoms with E-state index in [1.807, 2.05) is 0 Å². The first-order valence-electron chi connectivity index (χ1n) is 8.21. The topological polar surface area (TPSA) is 151 Å². The lowest BCUT2D eigenvalue weighted by molar-refractivity contribution is -0.385. The van der Waals surface area contributed by atoms with Gasteiger partial charge in [-0.2, -0.15) is 0 Å². The van der Waals surface area contributed by atoms with Crippen LogP contribution in [0.4, 0.5) is 11.4 Å². The first kappa shape index (κ1) is 21.3. The Kier molecular flexibility index (Phi) is 6.80. The number of hydrogen-bond donors (Lipinski definition) is 1. The molecule has 152 valence electrons. The molecule has 0 fully saturated rings. The summed E-state index contributed by atoms with van der Waals surface area (Å²) in [7, 11) is 2.49. The zero-order valence-corrected chi connectivity index (χ0v) is 15.5. The van der Waals surface area contributed by atoms with E-state index in [2.05, 4.69) is 5.32 Å². The summed E-state index contributed by atoms with van der Waals surface area (Å²) in [5.74, 6) is -1.25. The van der Waals surface area contributed by atoms with Crippen LogP contribution in [-0.2, 0) is 16.0 Å². The summed E-state index contributed by atoms with van der Waals surface area (Å²) >= 11 is 0. The molecule has 2 aromatic carbocycles. The number of methoxy groups -OCH3 is 2. The van der Waals surface area contributed by atoms with Gasteiger partial charge in [-0.3, -0.25) is 25.0 Å². The Hall–Kier alpha value is -4.02. The molecule has 0 unspecified atom stereocenters. The number of ether oxygens (including phenoxy) is 2. The fraction of sp³-hybridized carbons (Fsp3) is 0.222. The Morgan fingerprint density at radius 1 is 1.03 bits per heavy atom. The highest BCUT2D eigenvalue weighted by atomic mass is 16.6. The highest BCUT2D eigenvalue weighted by molar-refractivity contribution is 5.97. The van der Waals surface area contributed by atoms with Crippen molar-refractivity contribution in [3.63, 3.8) is 0 Å². The van der Waals surface area contributed by atoms with Gasteiger partial charge >= 0.3 is 5.97 Å². The summed E-state index contributed by atoms with van der Waals surface area (Å²) in [6.07, 6.45) is -0.155. The zero-order chi connectivity index (χ0) is 21.6. The number of amides is 1. The number of rotatable bonds is 8. The number of nitro benzene ring substituents is 2. The lowest BCUT2D eigenvalue weighted by Gasteiger charge is -2.18. The van der Waals surface area contributed by atoms with Crippen molar-refractivity contribution in [2.24, 2.45) is 0 Å². The number of carbonyl (C=O) groups excluding carboxylic acids is 2. The maximum absolute atomic E-state index is 12.5. The molecule has 0 spiro atoms. The van der Waals surface area contributed by atoms with Gasteiger partial charge in [-0.05, 0) is 12.1 Å². The minimum absolute atomic E-state index is 0.0286. The maximum Gasteiger partial charge on any atom is 0.328 e. The quantitative estimate of drug-likeness (QED) is 0.399. The van der Waals surface area contributed by atoms with Crippen LogP contribution in [0, 0.1) is 20.2 Å². The van der Waals surface area contributed by atoms with Crippen molar-refractivity contribution in [3.8, 4) is 5.75 Å². The highest BCUT2D eigenvalue weighted by Crippen LogP contribution is 2.25. The molecule has 1 atom stereocenters. The largest absolute Gasteiger partial charge is 0.496 e. The Morgan fingerprint density at radius 3 is 2.28 bits per heavy atom. The van der Waals surface area contributed by atoms with Crippen LogP contribution in [0.2, 0.25) is 0 Å². The van der Waals surface area contributed by atoms with E-state index in [1.54, 1.807) is 0 Å². The van der Waals surface area contributed by atoms with Gasteiger partial charge in [-0.25, -0.2) is 4.79 Å². The molecule has 0 aliphatic carbocycles. The van der Waals surface area contributed by atoms with Crippen LogP contribution < -0.4 is 10.1 Å². The third-order valence-electron chi connectivity index (χ3n) is 4.01. The van der Waals surface area contributed by atoms with Crippen LogP contribution in [0.5, 0.6) is 5.75 Å². The van der Waals surface area contributed by atoms with E-state index < -0.39 is 27.8 Å². The predicted octanol–water partition coefficient (Wildman–Crippen LogP) is 2.03. The average molecular weight is 403 g/mol. The Balaban J connectivity index is 2.31. The molecular formula is C18H17N3O8. The fourth-order valence-electron chi connectivity index (χ4n) is 2.60. The van der Waals surface area contributed by atoms with Gasteiger partial charge in [0.1, 0.15) is 11.8 Å². The van der Waals surface area contributed by atoms with E-state index in [9.17, 15) is 29.8 Å². The monoisotopic (exact) mass is 403 g/mol. The lowest BCUT2D eigenvalue weighted by Crippen LogP contribution is -2.43. The van der Waals surface area contributed by atoms with Crippen molar-refractivity contribution in [3.05, 3.63) is 73.8 Å². The molecule has 2 rings (SSSR count). The van der Waals surface area contributed by atoms with Crippen LogP contribution in [0.3, 0.4) is 0 Å². The number of carbonyl (C=O) groups is 2. The first-order valence-corrected chi connectivity index (χ1v) is 8.21. The number of nitrogens with one attached hydrogen (secondary N) is 1. The summed E-state index contributed by atoms with van der Waals surface area (Å²) in [5.41, 5.74) is -0.224. The van der Waals surface area contributed by atoms with E-state index in [4.69, 9.17) is 9.47 Å². The van der Waals surface area contributed by atoms with Crippen molar-refractivity contribution < 1.29 is 28.9 Å². The first-order chi connectivity index (χ1) is 13.8. The van der Waals surface area contributed by atoms with Crippen LogP contribution >= 0.6 is 0 Å². The Labute approximate surface area is 164 Å². The van der Waals surface area contributed by atoms with Crippen molar-refractivity contribution >= 4 is 23.3 Å². The van der Waals surface area contributed by atoms with Gasteiger partial charge in [-0.1, -0.05) is 6.07 Å². The van der Waals surface area contributed by atoms with Gasteiger partial charge in [0, 0.05) is 41.8 Å². The second-order valence-electron chi connectivity index (χ2n) is 5.81. The minimum atomic E-state index is -1.21. The summed E-state index contributed by atoms with van der Waals surface area (Å²) < 4.78 is 9.86. The number of esters is 1. The Bertz CT molecular complexity index is 960. The third kappa shape index (κ3) is 5.25. The van der Waals surface area contributed by atoms with Crippen molar-refractivity contribution in [2.75, 3.05) is 14.2 Å². The summed E-state index contributed by atoms with van der Waals surface area (Å²) in [5, 5.41) is 24.3. The minimum Gasteiger partial charge on any atom is -0.496 e. The number of nitrogens with zero attached hydrogens (tertiary/aromatic N) is 2. The van der Waals surface area contributed by atoms with Crippen molar-refractivity contribution in [1.29, 1.82) is 0 Å². The van der Waals surface area contributed by atoms with Gasteiger partial charge in [0.25, 0.3) is 17.3 Å². The van der Waals surface area contributed by atoms with E-state index in [0.29, 0.717) is 5.56 Å². The molecule has 1 amide bonds. The molecule has 0 bridgehead atoms. The van der Waals surface area contributed by atoms with Gasteiger partial charge < -0.3 is 14.8 Å². The second-order valence-corrected chi connectivity index (χ2v) is 5.81. The Morgan fingerprint density at radius 2 is 1.69 bits per heavy atom. The maximum atomic E-state index is 12.5. The molecule has 1 N–H and O–H groups in total. The van der Waals surface area contributed by atoms with Crippen LogP contribution in [0.1, 0.15) is 15.9 Å². The number of hydrogen-bond acceptors (Lipinski definition) is 8. The fourth-order valence-corrected chi connectivity index (χ4v) is 2.60. The molecule has 0 saturated heterocycles. The predicted molar refractivity (Wildman–Crippen MR) is 99.7 cm³/mol. The summed E-state index contributed by atoms with van der Waals surface area (Å²) in [6.45, 7) is 0. The van der Waals surface area contributed by atoms with E-state index in [1.165, 1.54) is 43.5 Å². The molecule has 0 aromatic heterocycles. The molecule has 11 heteroatoms. The smallest absolute Gasteiger partial charge is 0.328 e. The van der Waals surface area contributed by atoms with Crippen LogP contribution in [0.15, 0.2) is 42.5 Å². The average Bonchev–Trinajstić information content (AvgIpc) is 2.72. The number of non-ortho nitro benzene ring substituents is 2. The van der Waals surface area contributed by atoms with Gasteiger partial charge in [-0.15, -0.1) is 0 Å². The molecule has 11 nitrogen and oxygen atoms in total. The van der Waals surface area contributed by atoms with E-state index >= 15 is 0 Å². The highest BCUT2D eigenvalue weighted by Gasteiger charge is 2.25. The van der Waals surface area contributed by atoms with Crippen LogP contribution in [0.25, 0.3) is 0 Å². The SMILES string of the molecule is COC(=O)[C@H](Cc1cc([N+](=O)[O-])ccc1OC)NC(=O)c1cccc([N+](=O)[O-])c1. The molecule has 0 radical (unpaired) electrons. The van der Waals surface area contributed by atoms with E-state index in [0.717, 1.165) is 13.2 Å². The standard InChI is InChI=1S/C18H17N3O8/c1-28-16-7-6-14(21(26)27)9-12(16)10-15(18(23)29-2)19-17(22)11-4-3-5-13(8-11)20(24)25/h3-9,15H,10H2,1-2H3,(H,19,22)/t15-/m0/s1. The van der Waals surface area contributed by atoms with E-state index in [-0.39, 0.29) is 29.1 Å². The molecule has 0 aliphatic heterocycles. The number of benzene rings is 2. The third-order valence-corrected chi connectivity index (χ3v) is 4.01.